The van der Waals surface area contributed by atoms with Gasteiger partial charge in [0.15, 0.2) is 0 Å². The van der Waals surface area contributed by atoms with Crippen LogP contribution >= 0.6 is 0 Å². The molecule has 2 aromatic rings. The third kappa shape index (κ3) is 3.30. The number of carbonyl (C=O) groups excluding carboxylic acids is 1. The van der Waals surface area contributed by atoms with Crippen molar-refractivity contribution in [1.82, 2.24) is 0 Å². The second kappa shape index (κ2) is 6.08. The van der Waals surface area contributed by atoms with E-state index in [2.05, 4.69) is 33.0 Å². The molecule has 0 saturated carbocycles. The van der Waals surface area contributed by atoms with Crippen molar-refractivity contribution in [2.45, 2.75) is 51.4 Å². The minimum Gasteiger partial charge on any atom is -0.507 e. The Labute approximate surface area is 152 Å². The first-order valence-electron chi connectivity index (χ1n) is 8.65. The molecule has 0 heterocycles. The van der Waals surface area contributed by atoms with Gasteiger partial charge in [-0.15, -0.1) is 0 Å². The summed E-state index contributed by atoms with van der Waals surface area (Å²) in [5.74, 6) is -2.30. The largest absolute Gasteiger partial charge is 0.507 e. The third-order valence-corrected chi connectivity index (χ3v) is 5.33. The molecule has 138 valence electrons. The topological polar surface area (TPSA) is 49.3 Å². The predicted molar refractivity (Wildman–Crippen MR) is 97.7 cm³/mol. The number of benzene rings is 2. The Morgan fingerprint density at radius 1 is 0.923 bits per heavy atom. The molecule has 26 heavy (non-hydrogen) atoms. The lowest BCUT2D eigenvalue weighted by molar-refractivity contribution is 0.102. The van der Waals surface area contributed by atoms with Gasteiger partial charge in [-0.05, 0) is 59.1 Å². The van der Waals surface area contributed by atoms with Gasteiger partial charge in [0.05, 0.1) is 5.56 Å². The van der Waals surface area contributed by atoms with Crippen LogP contribution in [0.15, 0.2) is 30.3 Å². The molecular formula is C21H23F2NO2. The van der Waals surface area contributed by atoms with Crippen molar-refractivity contribution >= 4 is 11.6 Å². The first-order chi connectivity index (χ1) is 12.0. The number of phenolic OH excluding ortho intramolecular Hbond substituents is 1. The van der Waals surface area contributed by atoms with E-state index in [0.717, 1.165) is 42.2 Å². The number of phenols is 1. The zero-order chi connectivity index (χ0) is 19.3. The molecular weight excluding hydrogens is 336 g/mol. The van der Waals surface area contributed by atoms with Crippen LogP contribution in [0.2, 0.25) is 0 Å². The van der Waals surface area contributed by atoms with Gasteiger partial charge in [0, 0.05) is 11.8 Å². The Morgan fingerprint density at radius 3 is 1.96 bits per heavy atom. The van der Waals surface area contributed by atoms with E-state index in [9.17, 15) is 18.7 Å². The van der Waals surface area contributed by atoms with Crippen molar-refractivity contribution < 1.29 is 18.7 Å². The number of aromatic hydroxyl groups is 1. The van der Waals surface area contributed by atoms with Crippen LogP contribution in [0.5, 0.6) is 5.75 Å². The molecule has 1 amide bonds. The SMILES string of the molecule is CC1(C)CCC(C)(C)c2cc(C(=O)Nc3cc(F)cc(F)c3)c(O)cc21. The zero-order valence-corrected chi connectivity index (χ0v) is 15.4. The first kappa shape index (κ1) is 18.4. The van der Waals surface area contributed by atoms with E-state index in [1.807, 2.05) is 0 Å². The van der Waals surface area contributed by atoms with Gasteiger partial charge >= 0.3 is 0 Å². The molecule has 2 aromatic carbocycles. The van der Waals surface area contributed by atoms with Gasteiger partial charge < -0.3 is 10.4 Å². The summed E-state index contributed by atoms with van der Waals surface area (Å²) in [4.78, 5) is 12.6. The Balaban J connectivity index is 2.02. The van der Waals surface area contributed by atoms with Crippen LogP contribution in [0.3, 0.4) is 0 Å². The molecule has 0 fully saturated rings. The summed E-state index contributed by atoms with van der Waals surface area (Å²) >= 11 is 0. The molecule has 0 unspecified atom stereocenters. The summed E-state index contributed by atoms with van der Waals surface area (Å²) in [7, 11) is 0. The molecule has 3 nitrogen and oxygen atoms in total. The Kier molecular flexibility index (Phi) is 4.29. The maximum absolute atomic E-state index is 13.3. The minimum atomic E-state index is -0.780. The number of hydrogen-bond acceptors (Lipinski definition) is 2. The molecule has 0 aliphatic heterocycles. The smallest absolute Gasteiger partial charge is 0.259 e. The molecule has 0 spiro atoms. The fraction of sp³-hybridized carbons (Fsp3) is 0.381. The highest BCUT2D eigenvalue weighted by atomic mass is 19.1. The molecule has 0 atom stereocenters. The number of fused-ring (bicyclic) bond motifs is 1. The summed E-state index contributed by atoms with van der Waals surface area (Å²) in [5, 5.41) is 12.9. The molecule has 1 aliphatic rings. The van der Waals surface area contributed by atoms with Crippen LogP contribution in [-0.4, -0.2) is 11.0 Å². The van der Waals surface area contributed by atoms with Crippen molar-refractivity contribution in [3.63, 3.8) is 0 Å². The summed E-state index contributed by atoms with van der Waals surface area (Å²) in [6.07, 6.45) is 1.95. The number of halogens is 2. The van der Waals surface area contributed by atoms with Gasteiger partial charge in [0.25, 0.3) is 5.91 Å². The summed E-state index contributed by atoms with van der Waals surface area (Å²) in [5.41, 5.74) is 1.92. The van der Waals surface area contributed by atoms with Crippen molar-refractivity contribution in [2.75, 3.05) is 5.32 Å². The second-order valence-corrected chi connectivity index (χ2v) is 8.29. The lowest BCUT2D eigenvalue weighted by Gasteiger charge is -2.42. The lowest BCUT2D eigenvalue weighted by Crippen LogP contribution is -2.34. The quantitative estimate of drug-likeness (QED) is 0.767. The first-order valence-corrected chi connectivity index (χ1v) is 8.65. The lowest BCUT2D eigenvalue weighted by atomic mass is 9.63. The molecule has 0 aromatic heterocycles. The number of rotatable bonds is 2. The monoisotopic (exact) mass is 359 g/mol. The summed E-state index contributed by atoms with van der Waals surface area (Å²) in [6, 6.07) is 6.15. The van der Waals surface area contributed by atoms with E-state index in [-0.39, 0.29) is 27.8 Å². The predicted octanol–water partition coefficient (Wildman–Crippen LogP) is 5.27. The average Bonchev–Trinajstić information content (AvgIpc) is 2.50. The van der Waals surface area contributed by atoms with Crippen LogP contribution in [0.1, 0.15) is 62.0 Å². The van der Waals surface area contributed by atoms with Crippen molar-refractivity contribution in [2.24, 2.45) is 0 Å². The van der Waals surface area contributed by atoms with Crippen molar-refractivity contribution in [3.8, 4) is 5.75 Å². The highest BCUT2D eigenvalue weighted by molar-refractivity contribution is 6.06. The van der Waals surface area contributed by atoms with Gasteiger partial charge in [0.1, 0.15) is 17.4 Å². The fourth-order valence-electron chi connectivity index (χ4n) is 3.61. The molecule has 3 rings (SSSR count). The average molecular weight is 359 g/mol. The van der Waals surface area contributed by atoms with Gasteiger partial charge in [-0.1, -0.05) is 27.7 Å². The van der Waals surface area contributed by atoms with Crippen LogP contribution in [0, 0.1) is 11.6 Å². The fourth-order valence-corrected chi connectivity index (χ4v) is 3.61. The van der Waals surface area contributed by atoms with Gasteiger partial charge in [0.2, 0.25) is 0 Å². The Hall–Kier alpha value is -2.43. The molecule has 1 aliphatic carbocycles. The number of anilines is 1. The highest BCUT2D eigenvalue weighted by Crippen LogP contribution is 2.47. The molecule has 5 heteroatoms. The maximum atomic E-state index is 13.3. The highest BCUT2D eigenvalue weighted by Gasteiger charge is 2.38. The number of hydrogen-bond donors (Lipinski definition) is 2. The summed E-state index contributed by atoms with van der Waals surface area (Å²) < 4.78 is 26.7. The Morgan fingerprint density at radius 2 is 1.42 bits per heavy atom. The Bertz CT molecular complexity index is 868. The molecule has 0 bridgehead atoms. The molecule has 0 radical (unpaired) electrons. The minimum absolute atomic E-state index is 0.00390. The van der Waals surface area contributed by atoms with E-state index in [0.29, 0.717) is 0 Å². The van der Waals surface area contributed by atoms with Crippen LogP contribution < -0.4 is 5.32 Å². The van der Waals surface area contributed by atoms with Crippen LogP contribution in [0.4, 0.5) is 14.5 Å². The normalized spacial score (nSPS) is 17.5. The van der Waals surface area contributed by atoms with Gasteiger partial charge in [-0.3, -0.25) is 4.79 Å². The van der Waals surface area contributed by atoms with E-state index in [1.54, 1.807) is 12.1 Å². The van der Waals surface area contributed by atoms with E-state index < -0.39 is 17.5 Å². The third-order valence-electron chi connectivity index (χ3n) is 5.33. The molecule has 0 saturated heterocycles. The van der Waals surface area contributed by atoms with E-state index >= 15 is 0 Å². The van der Waals surface area contributed by atoms with Crippen molar-refractivity contribution in [1.29, 1.82) is 0 Å². The zero-order valence-electron chi connectivity index (χ0n) is 15.4. The van der Waals surface area contributed by atoms with Gasteiger partial charge in [-0.2, -0.15) is 0 Å². The number of amides is 1. The summed E-state index contributed by atoms with van der Waals surface area (Å²) in [6.45, 7) is 8.47. The standard InChI is InChI=1S/C21H23F2NO2/c1-20(2)5-6-21(3,4)17-11-18(25)15(10-16(17)20)19(26)24-14-8-12(22)7-13(23)9-14/h7-11,25H,5-6H2,1-4H3,(H,24,26). The van der Waals surface area contributed by atoms with Crippen LogP contribution in [0.25, 0.3) is 0 Å². The van der Waals surface area contributed by atoms with Gasteiger partial charge in [-0.25, -0.2) is 8.78 Å². The maximum Gasteiger partial charge on any atom is 0.259 e. The number of nitrogens with one attached hydrogen (secondary N) is 1. The second-order valence-electron chi connectivity index (χ2n) is 8.29. The van der Waals surface area contributed by atoms with Crippen molar-refractivity contribution in [3.05, 3.63) is 58.7 Å². The van der Waals surface area contributed by atoms with E-state index in [4.69, 9.17) is 0 Å². The van der Waals surface area contributed by atoms with E-state index in [1.165, 1.54) is 0 Å². The number of carbonyl (C=O) groups is 1. The molecule has 2 N–H and O–H groups in total. The van der Waals surface area contributed by atoms with Crippen LogP contribution in [-0.2, 0) is 10.8 Å².